The Hall–Kier alpha value is -2.04. The van der Waals surface area contributed by atoms with Gasteiger partial charge < -0.3 is 34.6 Å². The number of aliphatic hydroxyl groups is 4. The molecule has 9 nitrogen and oxygen atoms in total. The summed E-state index contributed by atoms with van der Waals surface area (Å²) in [7, 11) is 1.52. The normalized spacial score (nSPS) is 31.2. The second-order valence-corrected chi connectivity index (χ2v) is 12.2. The number of methoxy groups -OCH3 is 1. The van der Waals surface area contributed by atoms with Gasteiger partial charge >= 0.3 is 11.9 Å². The van der Waals surface area contributed by atoms with E-state index in [-0.39, 0.29) is 37.0 Å². The predicted molar refractivity (Wildman–Crippen MR) is 158 cm³/mol. The molecule has 4 N–H and O–H groups in total. The lowest BCUT2D eigenvalue weighted by molar-refractivity contribution is -0.160. The third kappa shape index (κ3) is 12.0. The number of allylic oxidation sites excluding steroid dienone is 2. The zero-order valence-electron chi connectivity index (χ0n) is 26.4. The summed E-state index contributed by atoms with van der Waals surface area (Å²) < 4.78 is 17.0. The molecule has 10 unspecified atom stereocenters. The number of cyclic esters (lactones) is 1. The molecule has 1 aliphatic rings. The van der Waals surface area contributed by atoms with E-state index in [0.717, 1.165) is 0 Å². The van der Waals surface area contributed by atoms with Gasteiger partial charge in [-0.25, -0.2) is 0 Å². The highest BCUT2D eigenvalue weighted by atomic mass is 16.6. The average molecular weight is 583 g/mol. The lowest BCUT2D eigenvalue weighted by Gasteiger charge is -2.35. The molecular formula is C32H54O9. The van der Waals surface area contributed by atoms with Crippen LogP contribution in [0.15, 0.2) is 36.0 Å². The van der Waals surface area contributed by atoms with Crippen molar-refractivity contribution in [1.29, 1.82) is 0 Å². The van der Waals surface area contributed by atoms with Crippen LogP contribution in [-0.2, 0) is 23.8 Å². The van der Waals surface area contributed by atoms with Crippen molar-refractivity contribution in [1.82, 2.24) is 0 Å². The van der Waals surface area contributed by atoms with Gasteiger partial charge in [0.15, 0.2) is 0 Å². The van der Waals surface area contributed by atoms with Gasteiger partial charge in [-0.15, -0.1) is 0 Å². The standard InChI is InChI=1S/C32H54O9/c1-10-26(35)22(4)23(5)27(36)19-31(7,38)16-11-12-20(2)30-21(3)13-14-28(40-24(6)33)32(8,39-9)17-15-25(34)18-29(37)41-30/h11-14,16,21-23,25-28,30,34-36,38H,10,15,17-19H2,1-9H3. The summed E-state index contributed by atoms with van der Waals surface area (Å²) in [6.45, 7) is 14.0. The molecule has 1 heterocycles. The summed E-state index contributed by atoms with van der Waals surface area (Å²) in [5, 5.41) is 42.3. The maximum atomic E-state index is 12.7. The van der Waals surface area contributed by atoms with Crippen LogP contribution in [-0.4, -0.2) is 81.2 Å². The van der Waals surface area contributed by atoms with Crippen LogP contribution in [0.4, 0.5) is 0 Å². The van der Waals surface area contributed by atoms with Crippen molar-refractivity contribution in [2.75, 3.05) is 7.11 Å². The Balaban J connectivity index is 3.20. The molecule has 0 aliphatic carbocycles. The third-order valence-corrected chi connectivity index (χ3v) is 8.41. The topological polar surface area (TPSA) is 143 Å². The van der Waals surface area contributed by atoms with Crippen LogP contribution in [0.3, 0.4) is 0 Å². The lowest BCUT2D eigenvalue weighted by atomic mass is 9.81. The molecule has 236 valence electrons. The molecule has 0 aromatic heterocycles. The highest BCUT2D eigenvalue weighted by Gasteiger charge is 2.37. The second-order valence-electron chi connectivity index (χ2n) is 12.2. The van der Waals surface area contributed by atoms with E-state index in [9.17, 15) is 30.0 Å². The minimum absolute atomic E-state index is 0.0869. The molecule has 1 rings (SSSR count). The molecule has 0 bridgehead atoms. The van der Waals surface area contributed by atoms with E-state index in [2.05, 4.69) is 0 Å². The Kier molecular flexibility index (Phi) is 14.9. The summed E-state index contributed by atoms with van der Waals surface area (Å²) in [6, 6.07) is 0. The van der Waals surface area contributed by atoms with Gasteiger partial charge in [0.1, 0.15) is 17.8 Å². The number of carbonyl (C=O) groups is 2. The molecule has 0 fully saturated rings. The van der Waals surface area contributed by atoms with Crippen LogP contribution >= 0.6 is 0 Å². The number of aliphatic hydroxyl groups excluding tert-OH is 3. The Morgan fingerprint density at radius 2 is 1.83 bits per heavy atom. The minimum Gasteiger partial charge on any atom is -0.457 e. The van der Waals surface area contributed by atoms with Crippen molar-refractivity contribution in [3.63, 3.8) is 0 Å². The van der Waals surface area contributed by atoms with E-state index >= 15 is 0 Å². The first-order chi connectivity index (χ1) is 19.0. The molecule has 0 amide bonds. The summed E-state index contributed by atoms with van der Waals surface area (Å²) >= 11 is 0. The number of ether oxygens (including phenoxy) is 3. The fraction of sp³-hybridized carbons (Fsp3) is 0.750. The monoisotopic (exact) mass is 582 g/mol. The number of esters is 2. The van der Waals surface area contributed by atoms with Gasteiger partial charge in [-0.05, 0) is 63.5 Å². The Bertz CT molecular complexity index is 924. The van der Waals surface area contributed by atoms with Crippen LogP contribution in [0.5, 0.6) is 0 Å². The summed E-state index contributed by atoms with van der Waals surface area (Å²) in [6.07, 6.45) is 5.92. The molecule has 1 aliphatic heterocycles. The molecule has 0 aromatic carbocycles. The quantitative estimate of drug-likeness (QED) is 0.161. The van der Waals surface area contributed by atoms with Gasteiger partial charge in [-0.2, -0.15) is 0 Å². The molecule has 0 saturated carbocycles. The second kappa shape index (κ2) is 16.6. The largest absolute Gasteiger partial charge is 0.457 e. The molecule has 41 heavy (non-hydrogen) atoms. The maximum Gasteiger partial charge on any atom is 0.309 e. The molecule has 0 aromatic rings. The first-order valence-electron chi connectivity index (χ1n) is 14.7. The fourth-order valence-corrected chi connectivity index (χ4v) is 5.09. The van der Waals surface area contributed by atoms with Gasteiger partial charge in [-0.1, -0.05) is 52.0 Å². The molecular weight excluding hydrogens is 528 g/mol. The van der Waals surface area contributed by atoms with Crippen LogP contribution in [0.2, 0.25) is 0 Å². The van der Waals surface area contributed by atoms with Crippen molar-refractivity contribution >= 4 is 11.9 Å². The number of carbonyl (C=O) groups excluding carboxylic acids is 2. The van der Waals surface area contributed by atoms with Crippen molar-refractivity contribution in [3.8, 4) is 0 Å². The molecule has 0 spiro atoms. The van der Waals surface area contributed by atoms with Gasteiger partial charge in [0.2, 0.25) is 0 Å². The van der Waals surface area contributed by atoms with Crippen molar-refractivity contribution in [2.24, 2.45) is 17.8 Å². The van der Waals surface area contributed by atoms with Crippen LogP contribution in [0.25, 0.3) is 0 Å². The zero-order chi connectivity index (χ0) is 31.5. The van der Waals surface area contributed by atoms with Gasteiger partial charge in [0, 0.05) is 26.4 Å². The number of rotatable bonds is 11. The van der Waals surface area contributed by atoms with Crippen LogP contribution in [0, 0.1) is 17.8 Å². The molecule has 10 atom stereocenters. The SMILES string of the molecule is CCC(O)C(C)C(C)C(O)CC(C)(O)C=CC=C(C)C1OC(=O)CC(O)CCC(C)(OC)C(OC(C)=O)C=CC1C. The van der Waals surface area contributed by atoms with Gasteiger partial charge in [0.05, 0.1) is 30.3 Å². The Morgan fingerprint density at radius 1 is 1.22 bits per heavy atom. The third-order valence-electron chi connectivity index (χ3n) is 8.41. The van der Waals surface area contributed by atoms with E-state index in [0.29, 0.717) is 18.4 Å². The van der Waals surface area contributed by atoms with Crippen molar-refractivity contribution in [3.05, 3.63) is 36.0 Å². The Labute approximate surface area is 246 Å². The molecule has 9 heteroatoms. The highest BCUT2D eigenvalue weighted by Crippen LogP contribution is 2.30. The smallest absolute Gasteiger partial charge is 0.309 e. The minimum atomic E-state index is -1.32. The maximum absolute atomic E-state index is 12.7. The molecule has 0 saturated heterocycles. The van der Waals surface area contributed by atoms with E-state index in [4.69, 9.17) is 14.2 Å². The fourth-order valence-electron chi connectivity index (χ4n) is 5.09. The summed E-state index contributed by atoms with van der Waals surface area (Å²) in [5.74, 6) is -1.66. The van der Waals surface area contributed by atoms with Crippen molar-refractivity contribution in [2.45, 2.75) is 129 Å². The first-order valence-corrected chi connectivity index (χ1v) is 14.7. The highest BCUT2D eigenvalue weighted by molar-refractivity contribution is 5.70. The van der Waals surface area contributed by atoms with E-state index in [1.807, 2.05) is 33.8 Å². The summed E-state index contributed by atoms with van der Waals surface area (Å²) in [5.41, 5.74) is -1.53. The van der Waals surface area contributed by atoms with E-state index in [1.165, 1.54) is 14.0 Å². The summed E-state index contributed by atoms with van der Waals surface area (Å²) in [4.78, 5) is 24.6. The average Bonchev–Trinajstić information content (AvgIpc) is 2.89. The van der Waals surface area contributed by atoms with Crippen LogP contribution in [0.1, 0.15) is 87.5 Å². The molecule has 0 radical (unpaired) electrons. The van der Waals surface area contributed by atoms with Gasteiger partial charge in [0.25, 0.3) is 0 Å². The van der Waals surface area contributed by atoms with Gasteiger partial charge in [-0.3, -0.25) is 9.59 Å². The van der Waals surface area contributed by atoms with Crippen LogP contribution < -0.4 is 0 Å². The van der Waals surface area contributed by atoms with E-state index < -0.39 is 53.7 Å². The number of hydrogen-bond donors (Lipinski definition) is 4. The van der Waals surface area contributed by atoms with Crippen molar-refractivity contribution < 1.29 is 44.2 Å². The van der Waals surface area contributed by atoms with E-state index in [1.54, 1.807) is 45.1 Å². The lowest BCUT2D eigenvalue weighted by Crippen LogP contribution is -2.44. The Morgan fingerprint density at radius 3 is 2.39 bits per heavy atom. The predicted octanol–water partition coefficient (Wildman–Crippen LogP) is 4.02. The zero-order valence-corrected chi connectivity index (χ0v) is 26.4. The first kappa shape index (κ1) is 37.0. The number of hydrogen-bond acceptors (Lipinski definition) is 9.